The fourth-order valence-electron chi connectivity index (χ4n) is 3.77. The lowest BCUT2D eigenvalue weighted by atomic mass is 9.94. The molecule has 2 aromatic carbocycles. The molecule has 1 unspecified atom stereocenters. The quantitative estimate of drug-likeness (QED) is 0.833. The highest BCUT2D eigenvalue weighted by molar-refractivity contribution is 5.85. The van der Waals surface area contributed by atoms with Gasteiger partial charge in [0.15, 0.2) is 5.78 Å². The Morgan fingerprint density at radius 1 is 0.962 bits per heavy atom. The molecule has 1 aliphatic heterocycles. The summed E-state index contributed by atoms with van der Waals surface area (Å²) in [5.41, 5.74) is 8.31. The molecule has 1 saturated heterocycles. The van der Waals surface area contributed by atoms with Crippen LogP contribution in [0.25, 0.3) is 0 Å². The number of carbonyl (C=O) groups is 1. The van der Waals surface area contributed by atoms with Crippen molar-refractivity contribution in [2.24, 2.45) is 5.73 Å². The molecule has 2 aromatic rings. The number of anilines is 1. The van der Waals surface area contributed by atoms with Crippen LogP contribution in [0.15, 0.2) is 60.7 Å². The molecule has 4 heteroatoms. The fraction of sp³-hybridized carbons (Fsp3) is 0.409. The Balaban J connectivity index is 1.58. The van der Waals surface area contributed by atoms with Crippen molar-refractivity contribution in [2.45, 2.75) is 31.8 Å². The number of benzene rings is 2. The third-order valence-electron chi connectivity index (χ3n) is 5.44. The Bertz CT molecular complexity index is 696. The highest BCUT2D eigenvalue weighted by atomic mass is 16.1. The molecule has 1 heterocycles. The van der Waals surface area contributed by atoms with E-state index < -0.39 is 5.66 Å². The molecule has 0 radical (unpaired) electrons. The zero-order valence-electron chi connectivity index (χ0n) is 15.6. The topological polar surface area (TPSA) is 49.6 Å². The largest absolute Gasteiger partial charge is 0.369 e. The normalized spacial score (nSPS) is 17.7. The summed E-state index contributed by atoms with van der Waals surface area (Å²) in [4.78, 5) is 16.9. The van der Waals surface area contributed by atoms with Crippen LogP contribution >= 0.6 is 0 Å². The van der Waals surface area contributed by atoms with Gasteiger partial charge in [0, 0.05) is 31.9 Å². The highest BCUT2D eigenvalue weighted by Crippen LogP contribution is 2.23. The van der Waals surface area contributed by atoms with Crippen LogP contribution in [0.2, 0.25) is 0 Å². The van der Waals surface area contributed by atoms with Crippen molar-refractivity contribution in [2.75, 3.05) is 31.1 Å². The number of Topliss-reactive ketones (excluding diaryl/α,β-unsaturated/α-hetero) is 1. The van der Waals surface area contributed by atoms with Crippen LogP contribution in [0.4, 0.5) is 5.69 Å². The van der Waals surface area contributed by atoms with Crippen LogP contribution < -0.4 is 10.6 Å². The second kappa shape index (κ2) is 8.47. The molecule has 138 valence electrons. The zero-order chi connectivity index (χ0) is 18.4. The number of nitrogens with two attached hydrogens (primary N) is 1. The molecular formula is C22H29N3O. The summed E-state index contributed by atoms with van der Waals surface area (Å²) in [6.07, 6.45) is 2.57. The van der Waals surface area contributed by atoms with Gasteiger partial charge >= 0.3 is 0 Å². The highest BCUT2D eigenvalue weighted by Gasteiger charge is 2.38. The average Bonchev–Trinajstić information content (AvgIpc) is 2.69. The molecular weight excluding hydrogens is 322 g/mol. The van der Waals surface area contributed by atoms with E-state index in [1.165, 1.54) is 11.3 Å². The van der Waals surface area contributed by atoms with E-state index in [0.717, 1.165) is 39.0 Å². The first-order valence-electron chi connectivity index (χ1n) is 9.48. The molecule has 0 amide bonds. The first kappa shape index (κ1) is 18.6. The Kier molecular flexibility index (Phi) is 6.07. The van der Waals surface area contributed by atoms with E-state index >= 15 is 0 Å². The smallest absolute Gasteiger partial charge is 0.164 e. The summed E-state index contributed by atoms with van der Waals surface area (Å²) in [6.45, 7) is 5.06. The number of carbonyl (C=O) groups excluding carboxylic acids is 1. The van der Waals surface area contributed by atoms with Gasteiger partial charge in [0.1, 0.15) is 5.66 Å². The van der Waals surface area contributed by atoms with Gasteiger partial charge in [0.05, 0.1) is 0 Å². The Morgan fingerprint density at radius 2 is 1.54 bits per heavy atom. The van der Waals surface area contributed by atoms with Gasteiger partial charge in [-0.15, -0.1) is 0 Å². The molecule has 26 heavy (non-hydrogen) atoms. The lowest BCUT2D eigenvalue weighted by Gasteiger charge is -2.45. The molecule has 0 bridgehead atoms. The Hall–Kier alpha value is -2.17. The summed E-state index contributed by atoms with van der Waals surface area (Å²) in [7, 11) is 0. The summed E-state index contributed by atoms with van der Waals surface area (Å²) in [5.74, 6) is 0.0683. The molecule has 1 atom stereocenters. The number of ketones is 1. The van der Waals surface area contributed by atoms with Crippen molar-refractivity contribution in [3.8, 4) is 0 Å². The molecule has 2 N–H and O–H groups in total. The first-order valence-corrected chi connectivity index (χ1v) is 9.48. The van der Waals surface area contributed by atoms with Crippen LogP contribution in [0.1, 0.15) is 25.3 Å². The van der Waals surface area contributed by atoms with Gasteiger partial charge in [-0.2, -0.15) is 0 Å². The predicted molar refractivity (Wildman–Crippen MR) is 107 cm³/mol. The maximum atomic E-state index is 12.4. The zero-order valence-corrected chi connectivity index (χ0v) is 15.6. The minimum atomic E-state index is -0.850. The van der Waals surface area contributed by atoms with Gasteiger partial charge in [-0.1, -0.05) is 48.5 Å². The molecule has 0 aromatic heterocycles. The van der Waals surface area contributed by atoms with E-state index in [2.05, 4.69) is 58.3 Å². The molecule has 0 saturated carbocycles. The van der Waals surface area contributed by atoms with Crippen LogP contribution in [0, 0.1) is 0 Å². The standard InChI is InChI=1S/C22H29N3O/c1-19(26)22(23,14-8-11-20-9-4-2-5-10-20)25-17-15-24(16-18-25)21-12-6-3-7-13-21/h2-7,9-10,12-13H,8,11,14-18,23H2,1H3. The van der Waals surface area contributed by atoms with Crippen LogP contribution in [0.3, 0.4) is 0 Å². The number of aryl methyl sites for hydroxylation is 1. The van der Waals surface area contributed by atoms with E-state index in [-0.39, 0.29) is 5.78 Å². The summed E-state index contributed by atoms with van der Waals surface area (Å²) in [6, 6.07) is 20.8. The van der Waals surface area contributed by atoms with Crippen LogP contribution in [-0.4, -0.2) is 42.5 Å². The molecule has 0 aliphatic carbocycles. The molecule has 0 spiro atoms. The lowest BCUT2D eigenvalue weighted by Crippen LogP contribution is -2.65. The molecule has 1 fully saturated rings. The second-order valence-corrected chi connectivity index (χ2v) is 7.13. The van der Waals surface area contributed by atoms with E-state index in [1.807, 2.05) is 12.1 Å². The predicted octanol–water partition coefficient (Wildman–Crippen LogP) is 3.08. The number of hydrogen-bond acceptors (Lipinski definition) is 4. The summed E-state index contributed by atoms with van der Waals surface area (Å²) < 4.78 is 0. The van der Waals surface area contributed by atoms with Crippen molar-refractivity contribution in [3.05, 3.63) is 66.2 Å². The number of rotatable bonds is 7. The van der Waals surface area contributed by atoms with Crippen LogP contribution in [-0.2, 0) is 11.2 Å². The monoisotopic (exact) mass is 351 g/mol. The van der Waals surface area contributed by atoms with E-state index in [9.17, 15) is 4.79 Å². The van der Waals surface area contributed by atoms with Gasteiger partial charge in [0.2, 0.25) is 0 Å². The van der Waals surface area contributed by atoms with Crippen molar-refractivity contribution in [1.29, 1.82) is 0 Å². The third kappa shape index (κ3) is 4.32. The summed E-state index contributed by atoms with van der Waals surface area (Å²) >= 11 is 0. The maximum absolute atomic E-state index is 12.4. The molecule has 1 aliphatic rings. The van der Waals surface area contributed by atoms with Crippen molar-refractivity contribution in [1.82, 2.24) is 4.90 Å². The molecule has 4 nitrogen and oxygen atoms in total. The number of nitrogens with zero attached hydrogens (tertiary/aromatic N) is 2. The van der Waals surface area contributed by atoms with Gasteiger partial charge in [0.25, 0.3) is 0 Å². The van der Waals surface area contributed by atoms with E-state index in [1.54, 1.807) is 6.92 Å². The maximum Gasteiger partial charge on any atom is 0.164 e. The molecule has 3 rings (SSSR count). The number of piperazine rings is 1. The summed E-state index contributed by atoms with van der Waals surface area (Å²) in [5, 5.41) is 0. The first-order chi connectivity index (χ1) is 12.6. The van der Waals surface area contributed by atoms with Crippen molar-refractivity contribution >= 4 is 11.5 Å². The van der Waals surface area contributed by atoms with Gasteiger partial charge < -0.3 is 10.6 Å². The SMILES string of the molecule is CC(=O)C(N)(CCCc1ccccc1)N1CCN(c2ccccc2)CC1. The van der Waals surface area contributed by atoms with Gasteiger partial charge in [-0.05, 0) is 43.9 Å². The Labute approximate surface area is 156 Å². The average molecular weight is 351 g/mol. The van der Waals surface area contributed by atoms with E-state index in [4.69, 9.17) is 5.73 Å². The minimum absolute atomic E-state index is 0.0683. The van der Waals surface area contributed by atoms with Gasteiger partial charge in [-0.25, -0.2) is 0 Å². The second-order valence-electron chi connectivity index (χ2n) is 7.13. The van der Waals surface area contributed by atoms with Crippen molar-refractivity contribution in [3.63, 3.8) is 0 Å². The third-order valence-corrected chi connectivity index (χ3v) is 5.44. The lowest BCUT2D eigenvalue weighted by molar-refractivity contribution is -0.130. The van der Waals surface area contributed by atoms with Crippen LogP contribution in [0.5, 0.6) is 0 Å². The van der Waals surface area contributed by atoms with Crippen molar-refractivity contribution < 1.29 is 4.79 Å². The Morgan fingerprint density at radius 3 is 2.12 bits per heavy atom. The number of hydrogen-bond donors (Lipinski definition) is 1. The minimum Gasteiger partial charge on any atom is -0.369 e. The number of para-hydroxylation sites is 1. The fourth-order valence-corrected chi connectivity index (χ4v) is 3.77. The van der Waals surface area contributed by atoms with Gasteiger partial charge in [-0.3, -0.25) is 9.69 Å². The van der Waals surface area contributed by atoms with E-state index in [0.29, 0.717) is 6.42 Å².